The summed E-state index contributed by atoms with van der Waals surface area (Å²) in [6.45, 7) is 21.6. The molecule has 3 heterocycles. The van der Waals surface area contributed by atoms with Crippen molar-refractivity contribution in [3.63, 3.8) is 0 Å². The van der Waals surface area contributed by atoms with Crippen LogP contribution in [0.1, 0.15) is 119 Å². The molecule has 2 N–H and O–H groups in total. The van der Waals surface area contributed by atoms with Crippen molar-refractivity contribution in [2.75, 3.05) is 32.8 Å². The molecular formula is C42H67F2N3O4. The second kappa shape index (κ2) is 15.2. The second-order valence-electron chi connectivity index (χ2n) is 17.8. The number of carbonyl (C=O) groups is 1. The van der Waals surface area contributed by atoms with Gasteiger partial charge in [-0.2, -0.15) is 0 Å². The Morgan fingerprint density at radius 1 is 1.06 bits per heavy atom. The van der Waals surface area contributed by atoms with Crippen molar-refractivity contribution in [1.29, 1.82) is 0 Å². The van der Waals surface area contributed by atoms with Crippen LogP contribution in [0.15, 0.2) is 18.2 Å². The summed E-state index contributed by atoms with van der Waals surface area (Å²) in [5, 5.41) is 7.61. The molecule has 7 rings (SSSR count). The minimum atomic E-state index is -0.539. The van der Waals surface area contributed by atoms with Gasteiger partial charge in [-0.05, 0) is 108 Å². The quantitative estimate of drug-likeness (QED) is 0.300. The number of nitrogens with zero attached hydrogens (tertiary/aromatic N) is 1. The molecule has 0 radical (unpaired) electrons. The van der Waals surface area contributed by atoms with Gasteiger partial charge in [0.2, 0.25) is 5.91 Å². The average molecular weight is 716 g/mol. The fourth-order valence-corrected chi connectivity index (χ4v) is 12.3. The number of morpholine rings is 1. The van der Waals surface area contributed by atoms with Crippen molar-refractivity contribution < 1.29 is 27.8 Å². The monoisotopic (exact) mass is 716 g/mol. The SMILES string of the molecule is CC.CC[C@]1(C)CC[C@@]23C[C@@]24CCC(OC2CN(C(C)=O)CCO2)C(C)(C)C4CC[C@H]3NCC2OC(CNCc3cc(F)cc(F)c3)C[C@@H](C)C21. The third-order valence-corrected chi connectivity index (χ3v) is 14.9. The number of amides is 1. The van der Waals surface area contributed by atoms with E-state index in [-0.39, 0.29) is 41.3 Å². The van der Waals surface area contributed by atoms with Crippen LogP contribution >= 0.6 is 0 Å². The smallest absolute Gasteiger partial charge is 0.219 e. The molecule has 3 saturated heterocycles. The largest absolute Gasteiger partial charge is 0.372 e. The highest BCUT2D eigenvalue weighted by atomic mass is 19.1. The normalized spacial score (nSPS) is 41.6. The molecule has 3 saturated carbocycles. The molecule has 1 aromatic rings. The molecule has 9 heteroatoms. The molecule has 6 unspecified atom stereocenters. The van der Waals surface area contributed by atoms with E-state index in [2.05, 4.69) is 45.3 Å². The Kier molecular flexibility index (Phi) is 11.7. The van der Waals surface area contributed by atoms with E-state index in [1.54, 1.807) is 6.92 Å². The Morgan fingerprint density at radius 2 is 1.80 bits per heavy atom. The molecule has 2 spiro atoms. The standard InChI is InChI=1S/C40H61F2N3O4.C2H6/c1-7-38(6)12-13-40-24-39(40)11-10-34(49-35-23-45(26(3)46)14-15-47-35)37(4,5)32(39)8-9-33(40)44-22-31-36(38)25(2)16-30(48-31)21-43-20-27-17-28(41)19-29(42)18-27;1-2/h17-19,25,30-36,43-44H,7-16,20-24H2,1-6H3;1-2H3/t25-,30?,31?,32?,33-,34?,35?,36?,38-,39-,40+;/m1./s1. The lowest BCUT2D eigenvalue weighted by atomic mass is 9.52. The third kappa shape index (κ3) is 7.29. The van der Waals surface area contributed by atoms with Crippen molar-refractivity contribution >= 4 is 5.91 Å². The predicted molar refractivity (Wildman–Crippen MR) is 197 cm³/mol. The fourth-order valence-electron chi connectivity index (χ4n) is 12.3. The lowest BCUT2D eigenvalue weighted by molar-refractivity contribution is -0.241. The van der Waals surface area contributed by atoms with Crippen LogP contribution in [0.2, 0.25) is 0 Å². The van der Waals surface area contributed by atoms with E-state index < -0.39 is 11.6 Å². The van der Waals surface area contributed by atoms with Crippen LogP contribution in [0.3, 0.4) is 0 Å². The molecule has 6 fully saturated rings. The first-order chi connectivity index (χ1) is 24.3. The van der Waals surface area contributed by atoms with E-state index in [4.69, 9.17) is 14.2 Å². The van der Waals surface area contributed by atoms with Gasteiger partial charge in [0.05, 0.1) is 31.5 Å². The summed E-state index contributed by atoms with van der Waals surface area (Å²) in [6.07, 6.45) is 10.6. The average Bonchev–Trinajstić information content (AvgIpc) is 3.76. The van der Waals surface area contributed by atoms with Gasteiger partial charge in [0.1, 0.15) is 11.6 Å². The van der Waals surface area contributed by atoms with E-state index in [1.165, 1.54) is 50.7 Å². The lowest BCUT2D eigenvalue weighted by Crippen LogP contribution is -2.57. The van der Waals surface area contributed by atoms with Crippen LogP contribution in [0.25, 0.3) is 0 Å². The number of rotatable bonds is 7. The van der Waals surface area contributed by atoms with Crippen molar-refractivity contribution in [3.8, 4) is 0 Å². The van der Waals surface area contributed by atoms with Gasteiger partial charge < -0.3 is 29.7 Å². The number of fused-ring (bicyclic) bond motifs is 1. The molecule has 11 atom stereocenters. The molecule has 0 aromatic heterocycles. The summed E-state index contributed by atoms with van der Waals surface area (Å²) in [5.41, 5.74) is 1.51. The highest BCUT2D eigenvalue weighted by Crippen LogP contribution is 2.82. The first-order valence-corrected chi connectivity index (χ1v) is 20.4. The van der Waals surface area contributed by atoms with Gasteiger partial charge >= 0.3 is 0 Å². The summed E-state index contributed by atoms with van der Waals surface area (Å²) < 4.78 is 47.3. The lowest BCUT2D eigenvalue weighted by Gasteiger charge is -2.56. The van der Waals surface area contributed by atoms with Gasteiger partial charge in [0.25, 0.3) is 0 Å². The number of halogens is 2. The Balaban J connectivity index is 0.00000220. The Morgan fingerprint density at radius 3 is 2.51 bits per heavy atom. The Bertz CT molecular complexity index is 1360. The van der Waals surface area contributed by atoms with Crippen LogP contribution in [0, 0.1) is 51.0 Å². The summed E-state index contributed by atoms with van der Waals surface area (Å²) >= 11 is 0. The highest BCUT2D eigenvalue weighted by molar-refractivity contribution is 5.73. The van der Waals surface area contributed by atoms with Crippen molar-refractivity contribution in [2.45, 2.75) is 150 Å². The van der Waals surface area contributed by atoms with E-state index in [9.17, 15) is 13.6 Å². The second-order valence-corrected chi connectivity index (χ2v) is 17.8. The van der Waals surface area contributed by atoms with E-state index in [1.807, 2.05) is 18.7 Å². The van der Waals surface area contributed by atoms with Gasteiger partial charge in [-0.3, -0.25) is 4.79 Å². The molecule has 3 aliphatic carbocycles. The zero-order valence-electron chi connectivity index (χ0n) is 32.8. The summed E-state index contributed by atoms with van der Waals surface area (Å²) in [5.74, 6) is 0.624. The molecule has 6 aliphatic rings. The van der Waals surface area contributed by atoms with Crippen LogP contribution < -0.4 is 10.6 Å². The van der Waals surface area contributed by atoms with Crippen molar-refractivity contribution in [2.24, 2.45) is 39.4 Å². The number of ether oxygens (including phenoxy) is 3. The molecular weight excluding hydrogens is 648 g/mol. The zero-order chi connectivity index (χ0) is 36.8. The van der Waals surface area contributed by atoms with E-state index in [0.717, 1.165) is 31.9 Å². The molecule has 7 nitrogen and oxygen atoms in total. The molecule has 288 valence electrons. The van der Waals surface area contributed by atoms with Gasteiger partial charge in [-0.15, -0.1) is 0 Å². The molecule has 0 bridgehead atoms. The number of hydrogen-bond acceptors (Lipinski definition) is 6. The van der Waals surface area contributed by atoms with Crippen LogP contribution in [0.5, 0.6) is 0 Å². The van der Waals surface area contributed by atoms with Crippen molar-refractivity contribution in [3.05, 3.63) is 35.4 Å². The topological polar surface area (TPSA) is 72.1 Å². The molecule has 51 heavy (non-hydrogen) atoms. The van der Waals surface area contributed by atoms with Crippen LogP contribution in [-0.2, 0) is 25.5 Å². The van der Waals surface area contributed by atoms with Gasteiger partial charge in [-0.25, -0.2) is 8.78 Å². The number of nitrogens with one attached hydrogen (secondary N) is 2. The maximum Gasteiger partial charge on any atom is 0.219 e. The maximum atomic E-state index is 13.8. The number of benzene rings is 1. The fraction of sp³-hybridized carbons (Fsp3) is 0.833. The van der Waals surface area contributed by atoms with E-state index in [0.29, 0.717) is 73.0 Å². The number of carbonyl (C=O) groups excluding carboxylic acids is 1. The number of hydrogen-bond donors (Lipinski definition) is 2. The van der Waals surface area contributed by atoms with Gasteiger partial charge in [0.15, 0.2) is 6.29 Å². The zero-order valence-corrected chi connectivity index (χ0v) is 32.8. The molecule has 1 aromatic carbocycles. The summed E-state index contributed by atoms with van der Waals surface area (Å²) in [6, 6.07) is 4.22. The minimum absolute atomic E-state index is 0.0319. The van der Waals surface area contributed by atoms with Crippen LogP contribution in [-0.4, -0.2) is 74.2 Å². The van der Waals surface area contributed by atoms with Gasteiger partial charge in [0, 0.05) is 45.2 Å². The Hall–Kier alpha value is -1.65. The first kappa shape index (κ1) is 39.1. The first-order valence-electron chi connectivity index (χ1n) is 20.4. The third-order valence-electron chi connectivity index (χ3n) is 14.9. The van der Waals surface area contributed by atoms with E-state index >= 15 is 0 Å². The minimum Gasteiger partial charge on any atom is -0.372 e. The predicted octanol–water partition coefficient (Wildman–Crippen LogP) is 7.86. The molecule has 3 aliphatic heterocycles. The summed E-state index contributed by atoms with van der Waals surface area (Å²) in [7, 11) is 0. The van der Waals surface area contributed by atoms with Crippen molar-refractivity contribution in [1.82, 2.24) is 15.5 Å². The van der Waals surface area contributed by atoms with Gasteiger partial charge in [-0.1, -0.05) is 54.9 Å². The molecule has 1 amide bonds. The Labute approximate surface area is 306 Å². The highest BCUT2D eigenvalue weighted by Gasteiger charge is 2.77. The maximum absolute atomic E-state index is 13.8. The van der Waals surface area contributed by atoms with Crippen LogP contribution in [0.4, 0.5) is 8.78 Å². The summed E-state index contributed by atoms with van der Waals surface area (Å²) in [4.78, 5) is 13.9.